The van der Waals surface area contributed by atoms with Gasteiger partial charge in [0.25, 0.3) is 5.56 Å². The van der Waals surface area contributed by atoms with Gasteiger partial charge in [0.15, 0.2) is 0 Å². The van der Waals surface area contributed by atoms with Crippen LogP contribution in [0.2, 0.25) is 5.02 Å². The predicted octanol–water partition coefficient (Wildman–Crippen LogP) is 6.28. The van der Waals surface area contributed by atoms with Crippen molar-refractivity contribution in [1.82, 2.24) is 14.5 Å². The quantitative estimate of drug-likeness (QED) is 0.246. The molecule has 6 heteroatoms. The van der Waals surface area contributed by atoms with Gasteiger partial charge in [0.2, 0.25) is 0 Å². The first-order valence-corrected chi connectivity index (χ1v) is 13.9. The molecule has 1 aliphatic heterocycles. The van der Waals surface area contributed by atoms with Crippen molar-refractivity contribution in [3.8, 4) is 11.1 Å². The molecule has 0 amide bonds. The average molecular weight is 535 g/mol. The SMILES string of the molecule is O=c1c2ccc(-c3ccc(Cl)cc3)cc2ncn1CCc1ccc(CN2CCN(c3ccccc3)CC2)cc1. The van der Waals surface area contributed by atoms with Gasteiger partial charge < -0.3 is 4.90 Å². The number of aryl methyl sites for hydroxylation is 2. The predicted molar refractivity (Wildman–Crippen MR) is 161 cm³/mol. The molecule has 0 bridgehead atoms. The highest BCUT2D eigenvalue weighted by Crippen LogP contribution is 2.24. The van der Waals surface area contributed by atoms with Crippen LogP contribution in [-0.2, 0) is 19.5 Å². The smallest absolute Gasteiger partial charge is 0.261 e. The fourth-order valence-corrected chi connectivity index (χ4v) is 5.39. The average Bonchev–Trinajstić information content (AvgIpc) is 2.99. The number of hydrogen-bond acceptors (Lipinski definition) is 4. The van der Waals surface area contributed by atoms with Crippen LogP contribution in [-0.4, -0.2) is 40.6 Å². The zero-order chi connectivity index (χ0) is 26.6. The van der Waals surface area contributed by atoms with E-state index in [1.54, 1.807) is 10.9 Å². The molecule has 0 aliphatic carbocycles. The number of piperazine rings is 1. The highest BCUT2D eigenvalue weighted by atomic mass is 35.5. The van der Waals surface area contributed by atoms with E-state index in [0.29, 0.717) is 22.5 Å². The molecular formula is C33H31ClN4O. The van der Waals surface area contributed by atoms with Crippen LogP contribution in [0, 0.1) is 0 Å². The van der Waals surface area contributed by atoms with Crippen LogP contribution in [0.5, 0.6) is 0 Å². The van der Waals surface area contributed by atoms with Crippen molar-refractivity contribution in [2.45, 2.75) is 19.5 Å². The number of hydrogen-bond donors (Lipinski definition) is 0. The highest BCUT2D eigenvalue weighted by molar-refractivity contribution is 6.30. The lowest BCUT2D eigenvalue weighted by molar-refractivity contribution is 0.250. The number of anilines is 1. The summed E-state index contributed by atoms with van der Waals surface area (Å²) >= 11 is 6.02. The van der Waals surface area contributed by atoms with Crippen LogP contribution < -0.4 is 10.5 Å². The fourth-order valence-electron chi connectivity index (χ4n) is 5.26. The highest BCUT2D eigenvalue weighted by Gasteiger charge is 2.17. The summed E-state index contributed by atoms with van der Waals surface area (Å²) in [5.41, 5.74) is 6.62. The summed E-state index contributed by atoms with van der Waals surface area (Å²) < 4.78 is 1.71. The topological polar surface area (TPSA) is 41.4 Å². The van der Waals surface area contributed by atoms with Gasteiger partial charge in [-0.3, -0.25) is 14.3 Å². The Morgan fingerprint density at radius 1 is 0.744 bits per heavy atom. The van der Waals surface area contributed by atoms with Crippen LogP contribution in [0.3, 0.4) is 0 Å². The molecule has 1 saturated heterocycles. The molecule has 0 atom stereocenters. The molecule has 0 saturated carbocycles. The first kappa shape index (κ1) is 25.4. The maximum absolute atomic E-state index is 13.1. The molecule has 4 aromatic carbocycles. The van der Waals surface area contributed by atoms with E-state index in [-0.39, 0.29) is 5.56 Å². The minimum atomic E-state index is -0.00563. The van der Waals surface area contributed by atoms with Crippen molar-refractivity contribution in [3.63, 3.8) is 0 Å². The zero-order valence-corrected chi connectivity index (χ0v) is 22.6. The van der Waals surface area contributed by atoms with E-state index in [2.05, 4.69) is 69.4 Å². The molecule has 5 aromatic rings. The second-order valence-corrected chi connectivity index (χ2v) is 10.6. The van der Waals surface area contributed by atoms with Gasteiger partial charge in [0.1, 0.15) is 0 Å². The Labute approximate surface area is 233 Å². The third-order valence-corrected chi connectivity index (χ3v) is 7.82. The monoisotopic (exact) mass is 534 g/mol. The van der Waals surface area contributed by atoms with Gasteiger partial charge in [-0.15, -0.1) is 0 Å². The number of fused-ring (bicyclic) bond motifs is 1. The molecule has 5 nitrogen and oxygen atoms in total. The van der Waals surface area contributed by atoms with Crippen LogP contribution in [0.1, 0.15) is 11.1 Å². The van der Waals surface area contributed by atoms with E-state index < -0.39 is 0 Å². The van der Waals surface area contributed by atoms with E-state index in [4.69, 9.17) is 11.6 Å². The molecule has 1 aromatic heterocycles. The van der Waals surface area contributed by atoms with E-state index in [1.165, 1.54) is 16.8 Å². The maximum Gasteiger partial charge on any atom is 0.261 e. The summed E-state index contributed by atoms with van der Waals surface area (Å²) in [5.74, 6) is 0. The third kappa shape index (κ3) is 5.90. The largest absolute Gasteiger partial charge is 0.369 e. The van der Waals surface area contributed by atoms with E-state index >= 15 is 0 Å². The summed E-state index contributed by atoms with van der Waals surface area (Å²) in [6.07, 6.45) is 2.45. The van der Waals surface area contributed by atoms with E-state index in [0.717, 1.165) is 50.3 Å². The zero-order valence-electron chi connectivity index (χ0n) is 21.8. The van der Waals surface area contributed by atoms with Crippen molar-refractivity contribution < 1.29 is 0 Å². The lowest BCUT2D eigenvalue weighted by Crippen LogP contribution is -2.45. The third-order valence-electron chi connectivity index (χ3n) is 7.57. The minimum absolute atomic E-state index is 0.00563. The number of aromatic nitrogens is 2. The van der Waals surface area contributed by atoms with Gasteiger partial charge >= 0.3 is 0 Å². The lowest BCUT2D eigenvalue weighted by atomic mass is 10.0. The number of benzene rings is 4. The van der Waals surface area contributed by atoms with Crippen LogP contribution in [0.4, 0.5) is 5.69 Å². The lowest BCUT2D eigenvalue weighted by Gasteiger charge is -2.36. The van der Waals surface area contributed by atoms with Crippen molar-refractivity contribution in [3.05, 3.63) is 130 Å². The van der Waals surface area contributed by atoms with Gasteiger partial charge in [-0.05, 0) is 65.1 Å². The minimum Gasteiger partial charge on any atom is -0.369 e. The Kier molecular flexibility index (Phi) is 7.44. The van der Waals surface area contributed by atoms with Gasteiger partial charge in [-0.25, -0.2) is 4.98 Å². The second kappa shape index (κ2) is 11.4. The number of para-hydroxylation sites is 1. The molecule has 2 heterocycles. The molecule has 0 unspecified atom stereocenters. The van der Waals surface area contributed by atoms with E-state index in [9.17, 15) is 4.79 Å². The summed E-state index contributed by atoms with van der Waals surface area (Å²) in [5, 5.41) is 1.34. The van der Waals surface area contributed by atoms with Gasteiger partial charge in [-0.2, -0.15) is 0 Å². The molecule has 0 spiro atoms. The molecule has 0 radical (unpaired) electrons. The summed E-state index contributed by atoms with van der Waals surface area (Å²) in [7, 11) is 0. The van der Waals surface area contributed by atoms with Crippen molar-refractivity contribution >= 4 is 28.2 Å². The molecule has 1 fully saturated rings. The molecule has 6 rings (SSSR count). The van der Waals surface area contributed by atoms with Crippen molar-refractivity contribution in [2.75, 3.05) is 31.1 Å². The number of rotatable bonds is 7. The summed E-state index contributed by atoms with van der Waals surface area (Å²) in [6.45, 7) is 5.81. The molecule has 39 heavy (non-hydrogen) atoms. The first-order valence-electron chi connectivity index (χ1n) is 13.5. The Morgan fingerprint density at radius 2 is 1.44 bits per heavy atom. The number of halogens is 1. The Hall–Kier alpha value is -3.93. The summed E-state index contributed by atoms with van der Waals surface area (Å²) in [4.78, 5) is 22.7. The van der Waals surface area contributed by atoms with Gasteiger partial charge in [0.05, 0.1) is 17.2 Å². The Morgan fingerprint density at radius 3 is 2.18 bits per heavy atom. The standard InChI is InChI=1S/C33H31ClN4O/c34-29-13-10-27(11-14-29)28-12-15-31-32(22-28)35-24-38(33(31)39)17-16-25-6-8-26(9-7-25)23-36-18-20-37(21-19-36)30-4-2-1-3-5-30/h1-15,22,24H,16-21,23H2. The van der Waals surface area contributed by atoms with Crippen molar-refractivity contribution in [2.24, 2.45) is 0 Å². The van der Waals surface area contributed by atoms with Crippen LogP contribution in [0.15, 0.2) is 108 Å². The maximum atomic E-state index is 13.1. The van der Waals surface area contributed by atoms with Crippen LogP contribution >= 0.6 is 11.6 Å². The van der Waals surface area contributed by atoms with E-state index in [1.807, 2.05) is 42.5 Å². The fraction of sp³-hybridized carbons (Fsp3) is 0.212. The van der Waals surface area contributed by atoms with Gasteiger partial charge in [-0.1, -0.05) is 72.3 Å². The molecule has 0 N–H and O–H groups in total. The van der Waals surface area contributed by atoms with Crippen LogP contribution in [0.25, 0.3) is 22.0 Å². The first-order chi connectivity index (χ1) is 19.1. The number of nitrogens with zero attached hydrogens (tertiary/aromatic N) is 4. The molecular weight excluding hydrogens is 504 g/mol. The van der Waals surface area contributed by atoms with Crippen molar-refractivity contribution in [1.29, 1.82) is 0 Å². The van der Waals surface area contributed by atoms with Gasteiger partial charge in [0, 0.05) is 50.0 Å². The molecule has 1 aliphatic rings. The normalized spacial score (nSPS) is 14.1. The Balaban J connectivity index is 1.05. The molecule has 196 valence electrons. The summed E-state index contributed by atoms with van der Waals surface area (Å²) in [6, 6.07) is 33.0. The Bertz CT molecular complexity index is 1610. The second-order valence-electron chi connectivity index (χ2n) is 10.1.